The van der Waals surface area contributed by atoms with Gasteiger partial charge in [-0.3, -0.25) is 4.90 Å². The number of azide groups is 1. The molecule has 5 rings (SSSR count). The van der Waals surface area contributed by atoms with Crippen LogP contribution in [0.25, 0.3) is 21.6 Å². The molecule has 7 nitrogen and oxygen atoms in total. The Labute approximate surface area is 223 Å². The summed E-state index contributed by atoms with van der Waals surface area (Å²) in [6.07, 6.45) is 0. The maximum absolute atomic E-state index is 13.1. The number of amides is 2. The summed E-state index contributed by atoms with van der Waals surface area (Å²) in [5.74, 6) is 0. The number of nitrogens with zero attached hydrogens (tertiary/aromatic N) is 5. The summed E-state index contributed by atoms with van der Waals surface area (Å²) in [4.78, 5) is 20.4. The molecule has 7 heteroatoms. The lowest BCUT2D eigenvalue weighted by molar-refractivity contribution is 0.100. The van der Waals surface area contributed by atoms with E-state index in [1.807, 2.05) is 95.9 Å². The molecule has 0 bridgehead atoms. The van der Waals surface area contributed by atoms with Crippen molar-refractivity contribution in [3.8, 4) is 11.1 Å². The maximum Gasteiger partial charge on any atom is 0.321 e. The van der Waals surface area contributed by atoms with E-state index in [-0.39, 0.29) is 18.1 Å². The van der Waals surface area contributed by atoms with Crippen LogP contribution in [0.15, 0.2) is 120 Å². The molecule has 0 aromatic heterocycles. The Balaban J connectivity index is 1.27. The number of piperazine rings is 1. The number of benzene rings is 4. The fourth-order valence-electron chi connectivity index (χ4n) is 5.04. The summed E-state index contributed by atoms with van der Waals surface area (Å²) in [6.45, 7) is 2.50. The Morgan fingerprint density at radius 3 is 1.82 bits per heavy atom. The predicted octanol–water partition coefficient (Wildman–Crippen LogP) is 7.30. The van der Waals surface area contributed by atoms with Gasteiger partial charge in [-0.1, -0.05) is 108 Å². The number of nitrogens with one attached hydrogen (secondary N) is 1. The normalized spacial score (nSPS) is 15.2. The zero-order valence-electron chi connectivity index (χ0n) is 21.1. The van der Waals surface area contributed by atoms with Gasteiger partial charge >= 0.3 is 6.03 Å². The Bertz CT molecular complexity index is 1360. The second-order valence-electron chi connectivity index (χ2n) is 9.31. The fraction of sp³-hybridized carbons (Fsp3) is 0.194. The van der Waals surface area contributed by atoms with E-state index in [0.29, 0.717) is 26.2 Å². The van der Waals surface area contributed by atoms with Crippen LogP contribution in [0.5, 0.6) is 0 Å². The third kappa shape index (κ3) is 5.86. The van der Waals surface area contributed by atoms with Crippen LogP contribution in [0.1, 0.15) is 23.2 Å². The summed E-state index contributed by atoms with van der Waals surface area (Å²) in [6, 6.07) is 37.5. The molecule has 0 spiro atoms. The molecule has 0 radical (unpaired) electrons. The van der Waals surface area contributed by atoms with Crippen LogP contribution in [0.4, 0.5) is 10.5 Å². The Hall–Kier alpha value is -4.58. The summed E-state index contributed by atoms with van der Waals surface area (Å²) in [5.41, 5.74) is 14.5. The van der Waals surface area contributed by atoms with Crippen LogP contribution in [-0.2, 0) is 0 Å². The van der Waals surface area contributed by atoms with Crippen LogP contribution in [-0.4, -0.2) is 42.0 Å². The molecule has 1 aliphatic heterocycles. The molecule has 1 heterocycles. The topological polar surface area (TPSA) is 84.3 Å². The molecule has 38 heavy (non-hydrogen) atoms. The second-order valence-corrected chi connectivity index (χ2v) is 9.31. The van der Waals surface area contributed by atoms with Gasteiger partial charge < -0.3 is 10.2 Å². The molecule has 0 unspecified atom stereocenters. The first-order valence-electron chi connectivity index (χ1n) is 12.8. The largest absolute Gasteiger partial charge is 0.322 e. The first-order valence-corrected chi connectivity index (χ1v) is 12.8. The molecule has 2 amide bonds. The van der Waals surface area contributed by atoms with E-state index in [1.54, 1.807) is 0 Å². The third-order valence-electron chi connectivity index (χ3n) is 7.00. The van der Waals surface area contributed by atoms with Crippen LogP contribution in [0.3, 0.4) is 0 Å². The smallest absolute Gasteiger partial charge is 0.321 e. The lowest BCUT2D eigenvalue weighted by Crippen LogP contribution is -2.51. The lowest BCUT2D eigenvalue weighted by atomic mass is 9.92. The number of hydrogen-bond donors (Lipinski definition) is 1. The number of rotatable bonds is 7. The van der Waals surface area contributed by atoms with E-state index in [2.05, 4.69) is 44.5 Å². The van der Waals surface area contributed by atoms with Gasteiger partial charge in [0.2, 0.25) is 0 Å². The maximum atomic E-state index is 13.1. The van der Waals surface area contributed by atoms with Crippen molar-refractivity contribution in [2.45, 2.75) is 12.1 Å². The van der Waals surface area contributed by atoms with Crippen LogP contribution >= 0.6 is 0 Å². The molecule has 0 aliphatic carbocycles. The van der Waals surface area contributed by atoms with E-state index in [9.17, 15) is 10.3 Å². The Morgan fingerprint density at radius 1 is 0.711 bits per heavy atom. The van der Waals surface area contributed by atoms with E-state index in [1.165, 1.54) is 0 Å². The number of carbonyl (C=O) groups excluding carboxylic acids is 1. The highest BCUT2D eigenvalue weighted by Gasteiger charge is 2.33. The Kier molecular flexibility index (Phi) is 7.99. The van der Waals surface area contributed by atoms with E-state index in [0.717, 1.165) is 27.9 Å². The molecule has 2 atom stereocenters. The van der Waals surface area contributed by atoms with E-state index >= 15 is 0 Å². The van der Waals surface area contributed by atoms with Gasteiger partial charge in [-0.25, -0.2) is 4.79 Å². The van der Waals surface area contributed by atoms with Crippen molar-refractivity contribution < 1.29 is 4.79 Å². The van der Waals surface area contributed by atoms with Crippen LogP contribution in [0.2, 0.25) is 0 Å². The number of carbonyl (C=O) groups is 1. The van der Waals surface area contributed by atoms with Crippen LogP contribution < -0.4 is 5.32 Å². The van der Waals surface area contributed by atoms with Crippen molar-refractivity contribution in [1.29, 1.82) is 0 Å². The third-order valence-corrected chi connectivity index (χ3v) is 7.00. The zero-order chi connectivity index (χ0) is 26.2. The highest BCUT2D eigenvalue weighted by atomic mass is 16.2. The molecule has 1 aliphatic rings. The molecule has 1 saturated heterocycles. The molecule has 0 saturated carbocycles. The van der Waals surface area contributed by atoms with Gasteiger partial charge in [-0.2, -0.15) is 0 Å². The summed E-state index contributed by atoms with van der Waals surface area (Å²) >= 11 is 0. The van der Waals surface area contributed by atoms with Gasteiger partial charge in [-0.05, 0) is 39.9 Å². The standard InChI is InChI=1S/C31H30N6O/c32-35-34-29(26-12-6-2-7-13-26)30(27-14-8-3-9-15-27)36-20-22-37(23-21-36)31(38)33-28-18-16-25(17-19-28)24-10-4-1-5-11-24/h1-19,29-30H,20-23H2,(H,33,38)/t29-,30+/m0/s1. The minimum Gasteiger partial charge on any atom is -0.322 e. The van der Waals surface area contributed by atoms with Crippen molar-refractivity contribution in [3.63, 3.8) is 0 Å². The molecule has 190 valence electrons. The SMILES string of the molecule is [N-]=[N+]=N[C@@H](c1ccccc1)[C@@H](c1ccccc1)N1CCN(C(=O)Nc2ccc(-c3ccccc3)cc2)CC1. The van der Waals surface area contributed by atoms with Gasteiger partial charge in [0.15, 0.2) is 0 Å². The molecule has 1 N–H and O–H groups in total. The average Bonchev–Trinajstić information content (AvgIpc) is 2.99. The van der Waals surface area contributed by atoms with Crippen molar-refractivity contribution in [3.05, 3.63) is 137 Å². The van der Waals surface area contributed by atoms with Crippen molar-refractivity contribution in [2.24, 2.45) is 5.11 Å². The molecular weight excluding hydrogens is 472 g/mol. The molecule has 4 aromatic rings. The highest BCUT2D eigenvalue weighted by Crippen LogP contribution is 2.37. The number of hydrogen-bond acceptors (Lipinski definition) is 3. The molecule has 4 aromatic carbocycles. The highest BCUT2D eigenvalue weighted by molar-refractivity contribution is 5.89. The zero-order valence-corrected chi connectivity index (χ0v) is 21.1. The first-order chi connectivity index (χ1) is 18.7. The lowest BCUT2D eigenvalue weighted by Gasteiger charge is -2.41. The summed E-state index contributed by atoms with van der Waals surface area (Å²) in [5, 5.41) is 7.27. The Morgan fingerprint density at radius 2 is 1.24 bits per heavy atom. The van der Waals surface area contributed by atoms with Gasteiger partial charge in [0.1, 0.15) is 0 Å². The van der Waals surface area contributed by atoms with Crippen LogP contribution in [0, 0.1) is 0 Å². The predicted molar refractivity (Wildman–Crippen MR) is 152 cm³/mol. The van der Waals surface area contributed by atoms with Gasteiger partial charge in [0, 0.05) is 42.8 Å². The van der Waals surface area contributed by atoms with Gasteiger partial charge in [0.05, 0.1) is 6.04 Å². The van der Waals surface area contributed by atoms with Gasteiger partial charge in [-0.15, -0.1) is 0 Å². The fourth-order valence-corrected chi connectivity index (χ4v) is 5.04. The van der Waals surface area contributed by atoms with E-state index < -0.39 is 0 Å². The summed E-state index contributed by atoms with van der Waals surface area (Å²) < 4.78 is 0. The molecule has 1 fully saturated rings. The van der Waals surface area contributed by atoms with Crippen molar-refractivity contribution in [2.75, 3.05) is 31.5 Å². The average molecular weight is 503 g/mol. The number of urea groups is 1. The van der Waals surface area contributed by atoms with Crippen molar-refractivity contribution in [1.82, 2.24) is 9.80 Å². The minimum absolute atomic E-state index is 0.108. The monoisotopic (exact) mass is 502 g/mol. The molecular formula is C31H30N6O. The first kappa shape index (κ1) is 25.1. The second kappa shape index (κ2) is 12.1. The minimum atomic E-state index is -0.382. The van der Waals surface area contributed by atoms with Crippen molar-refractivity contribution >= 4 is 11.7 Å². The number of anilines is 1. The summed E-state index contributed by atoms with van der Waals surface area (Å²) in [7, 11) is 0. The van der Waals surface area contributed by atoms with E-state index in [4.69, 9.17) is 0 Å². The quantitative estimate of drug-likeness (QED) is 0.163. The van der Waals surface area contributed by atoms with Gasteiger partial charge in [0.25, 0.3) is 0 Å².